The zero-order chi connectivity index (χ0) is 44.3. The number of benzene rings is 4. The minimum Gasteiger partial charge on any atom is -0.512 e. The standard InChI is InChI=1S/C22H21F2N3S.C15H17N3S.C7H4F2O.CN.CH4O.B.Na/c1-15-9-11-27(22-25-10-12-28-22)14-19(15)16-5-7-17(8-6-16)26-13-18-20(23)3-2-4-21(18)24;1-11-6-8-18(15-17-7-9-19-15)10-14(11)12-2-4-13(16)5-3-12;8-6-2-1-3-7(9)5(6)4-10;2*1-2;;/h2-8,10,12,26H,9,11,13-14H2,1H3;2-5,7,9H,6,8,10,16H2,1H3;1-4H;;2H,1H3;;/q;;;-1;;;+1. The van der Waals surface area contributed by atoms with Crippen molar-refractivity contribution in [1.29, 1.82) is 5.26 Å². The van der Waals surface area contributed by atoms with Gasteiger partial charge in [0.15, 0.2) is 16.5 Å². The van der Waals surface area contributed by atoms with Crippen LogP contribution in [-0.4, -0.2) is 63.1 Å². The summed E-state index contributed by atoms with van der Waals surface area (Å²) >= 11 is 3.36. The molecule has 6 aromatic rings. The van der Waals surface area contributed by atoms with Gasteiger partial charge in [-0.25, -0.2) is 27.5 Å². The minimum atomic E-state index is -0.824. The van der Waals surface area contributed by atoms with Gasteiger partial charge in [0.1, 0.15) is 23.3 Å². The molecular formula is C46H46BF4N7NaO2S2. The van der Waals surface area contributed by atoms with Gasteiger partial charge in [-0.05, 0) is 97.5 Å². The molecule has 63 heavy (non-hydrogen) atoms. The summed E-state index contributed by atoms with van der Waals surface area (Å²) in [5, 5.41) is 22.5. The van der Waals surface area contributed by atoms with Crippen molar-refractivity contribution in [2.75, 3.05) is 54.1 Å². The normalized spacial score (nSPS) is 12.9. The van der Waals surface area contributed by atoms with Gasteiger partial charge >= 0.3 is 29.6 Å². The second-order valence-corrected chi connectivity index (χ2v) is 15.2. The monoisotopic (exact) mass is 902 g/mol. The van der Waals surface area contributed by atoms with Crippen LogP contribution in [0.2, 0.25) is 0 Å². The molecule has 3 radical (unpaired) electrons. The van der Waals surface area contributed by atoms with E-state index < -0.39 is 28.8 Å². The fraction of sp³-hybridized carbons (Fsp3) is 0.217. The van der Waals surface area contributed by atoms with Crippen LogP contribution in [0.15, 0.2) is 119 Å². The average molecular weight is 903 g/mol. The number of nitrogens with zero attached hydrogens (tertiary/aromatic N) is 5. The first-order valence-corrected chi connectivity index (χ1v) is 20.7. The summed E-state index contributed by atoms with van der Waals surface area (Å²) in [5.74, 6) is -2.71. The van der Waals surface area contributed by atoms with Gasteiger partial charge in [-0.15, -0.1) is 22.7 Å². The van der Waals surface area contributed by atoms with E-state index >= 15 is 0 Å². The molecule has 2 aromatic heterocycles. The number of nitrogen functional groups attached to an aromatic ring is 1. The SMILES string of the molecule is CC1=C(c2ccc(N)cc2)CN(c2nccs2)CC1.CC1=C(c2ccc(NCc3c(F)cccc3F)cc2)CN(c2nccs2)CC1.CO.O=Cc1c(F)cccc1F.[B].[C-]#N.[Na+]. The Morgan fingerprint density at radius 2 is 1.14 bits per heavy atom. The molecule has 0 unspecified atom stereocenters. The Balaban J connectivity index is 0.000000338. The zero-order valence-electron chi connectivity index (χ0n) is 35.5. The second kappa shape index (κ2) is 27.7. The summed E-state index contributed by atoms with van der Waals surface area (Å²) in [6.45, 7) is 13.1. The third kappa shape index (κ3) is 15.2. The summed E-state index contributed by atoms with van der Waals surface area (Å²) in [7, 11) is 1.00. The number of aliphatic hydroxyl groups is 1. The van der Waals surface area contributed by atoms with Gasteiger partial charge in [0.2, 0.25) is 0 Å². The van der Waals surface area contributed by atoms with E-state index in [1.54, 1.807) is 22.7 Å². The predicted octanol–water partition coefficient (Wildman–Crippen LogP) is 7.23. The number of thiazole rings is 2. The molecule has 17 heteroatoms. The Hall–Kier alpha value is -5.28. The summed E-state index contributed by atoms with van der Waals surface area (Å²) < 4.78 is 52.3. The summed E-state index contributed by atoms with van der Waals surface area (Å²) in [6, 6.07) is 23.4. The Morgan fingerprint density at radius 1 is 0.730 bits per heavy atom. The fourth-order valence-corrected chi connectivity index (χ4v) is 7.79. The van der Waals surface area contributed by atoms with Crippen molar-refractivity contribution in [1.82, 2.24) is 9.97 Å². The van der Waals surface area contributed by atoms with Crippen LogP contribution >= 0.6 is 22.7 Å². The maximum Gasteiger partial charge on any atom is 1.00 e. The smallest absolute Gasteiger partial charge is 0.512 e. The van der Waals surface area contributed by atoms with Gasteiger partial charge in [0.05, 0.1) is 5.56 Å². The molecule has 0 saturated carbocycles. The van der Waals surface area contributed by atoms with Gasteiger partial charge in [-0.2, -0.15) is 0 Å². The summed E-state index contributed by atoms with van der Waals surface area (Å²) in [5.41, 5.74) is 15.0. The van der Waals surface area contributed by atoms with E-state index in [9.17, 15) is 22.4 Å². The number of hydrogen-bond donors (Lipinski definition) is 3. The van der Waals surface area contributed by atoms with Crippen molar-refractivity contribution in [3.05, 3.63) is 171 Å². The Morgan fingerprint density at radius 3 is 1.52 bits per heavy atom. The Bertz CT molecular complexity index is 2340. The van der Waals surface area contributed by atoms with Crippen LogP contribution in [0.5, 0.6) is 0 Å². The van der Waals surface area contributed by atoms with Crippen LogP contribution in [0.25, 0.3) is 11.1 Å². The average Bonchev–Trinajstić information content (AvgIpc) is 4.03. The van der Waals surface area contributed by atoms with Gasteiger partial charge in [0, 0.05) is 88.3 Å². The van der Waals surface area contributed by atoms with Crippen LogP contribution in [0, 0.1) is 35.1 Å². The molecular weight excluding hydrogens is 856 g/mol. The van der Waals surface area contributed by atoms with Crippen LogP contribution < -0.4 is 50.4 Å². The molecule has 4 heterocycles. The fourth-order valence-electron chi connectivity index (χ4n) is 6.45. The minimum absolute atomic E-state index is 0. The van der Waals surface area contributed by atoms with Crippen molar-refractivity contribution < 1.29 is 57.0 Å². The van der Waals surface area contributed by atoms with Gasteiger partial charge in [-0.1, -0.05) is 47.5 Å². The molecule has 321 valence electrons. The summed E-state index contributed by atoms with van der Waals surface area (Å²) in [6.07, 6.45) is 5.98. The van der Waals surface area contributed by atoms with Gasteiger partial charge in [0.25, 0.3) is 0 Å². The molecule has 0 bridgehead atoms. The number of hydrogen-bond acceptors (Lipinski definition) is 11. The number of aromatic nitrogens is 2. The van der Waals surface area contributed by atoms with Crippen LogP contribution in [0.3, 0.4) is 0 Å². The number of nitrogens with one attached hydrogen (secondary N) is 1. The van der Waals surface area contributed by atoms with Crippen LogP contribution in [0.1, 0.15) is 53.7 Å². The number of halogens is 4. The van der Waals surface area contributed by atoms with Gasteiger partial charge < -0.3 is 37.8 Å². The Kier molecular flexibility index (Phi) is 23.7. The predicted molar refractivity (Wildman–Crippen MR) is 245 cm³/mol. The third-order valence-corrected chi connectivity index (χ3v) is 11.4. The van der Waals surface area contributed by atoms with Crippen molar-refractivity contribution >= 4 is 70.2 Å². The molecule has 0 amide bonds. The molecule has 0 fully saturated rings. The van der Waals surface area contributed by atoms with Crippen LogP contribution in [-0.2, 0) is 6.54 Å². The van der Waals surface area contributed by atoms with Gasteiger partial charge in [-0.3, -0.25) is 4.79 Å². The molecule has 2 aliphatic rings. The molecule has 8 rings (SSSR count). The maximum atomic E-state index is 13.8. The first-order chi connectivity index (χ1) is 29.6. The molecule has 2 aliphatic heterocycles. The number of aliphatic hydroxyl groups excluding tert-OH is 1. The second-order valence-electron chi connectivity index (χ2n) is 13.5. The largest absolute Gasteiger partial charge is 1.00 e. The van der Waals surface area contributed by atoms with Crippen molar-refractivity contribution in [2.24, 2.45) is 0 Å². The van der Waals surface area contributed by atoms with Crippen molar-refractivity contribution in [3.63, 3.8) is 0 Å². The molecule has 4 N–H and O–H groups in total. The number of anilines is 4. The van der Waals surface area contributed by atoms with E-state index in [1.165, 1.54) is 57.7 Å². The zero-order valence-corrected chi connectivity index (χ0v) is 39.1. The van der Waals surface area contributed by atoms with E-state index in [-0.39, 0.29) is 56.4 Å². The molecule has 0 spiro atoms. The third-order valence-electron chi connectivity index (χ3n) is 9.76. The number of aldehydes is 1. The molecule has 0 saturated heterocycles. The number of carbonyl (C=O) groups is 1. The molecule has 4 aromatic carbocycles. The van der Waals surface area contributed by atoms with E-state index in [4.69, 9.17) is 22.7 Å². The van der Waals surface area contributed by atoms with E-state index in [2.05, 4.69) is 63.2 Å². The summed E-state index contributed by atoms with van der Waals surface area (Å²) in [4.78, 5) is 23.5. The number of carbonyl (C=O) groups excluding carboxylic acids is 1. The van der Waals surface area contributed by atoms with E-state index in [1.807, 2.05) is 47.4 Å². The first-order valence-electron chi connectivity index (χ1n) is 19.0. The first kappa shape index (κ1) is 53.9. The van der Waals surface area contributed by atoms with Crippen molar-refractivity contribution in [3.8, 4) is 0 Å². The molecule has 9 nitrogen and oxygen atoms in total. The molecule has 0 atom stereocenters. The van der Waals surface area contributed by atoms with E-state index in [0.717, 1.165) is 79.9 Å². The van der Waals surface area contributed by atoms with Crippen molar-refractivity contribution in [2.45, 2.75) is 33.2 Å². The number of rotatable bonds is 8. The maximum absolute atomic E-state index is 13.8. The van der Waals surface area contributed by atoms with Crippen LogP contribution in [0.4, 0.5) is 39.2 Å². The Labute approximate surface area is 398 Å². The quantitative estimate of drug-likeness (QED) is 0.0476. The topological polar surface area (TPSA) is 131 Å². The van der Waals surface area contributed by atoms with E-state index in [0.29, 0.717) is 0 Å². The molecule has 0 aliphatic carbocycles. The number of nitrogens with two attached hydrogens (primary N) is 1.